The first-order valence-electron chi connectivity index (χ1n) is 10.7. The lowest BCUT2D eigenvalue weighted by Gasteiger charge is -2.26. The second kappa shape index (κ2) is 10.3. The molecule has 1 aliphatic rings. The zero-order valence-electron chi connectivity index (χ0n) is 18.5. The van der Waals surface area contributed by atoms with Gasteiger partial charge in [-0.05, 0) is 48.9 Å². The van der Waals surface area contributed by atoms with Crippen molar-refractivity contribution in [3.63, 3.8) is 0 Å². The predicted octanol–water partition coefficient (Wildman–Crippen LogP) is 4.82. The number of benzene rings is 2. The maximum atomic E-state index is 12.3. The summed E-state index contributed by atoms with van der Waals surface area (Å²) in [4.78, 5) is 28.4. The van der Waals surface area contributed by atoms with Crippen molar-refractivity contribution in [3.05, 3.63) is 65.0 Å². The topological polar surface area (TPSA) is 89.5 Å². The van der Waals surface area contributed by atoms with Gasteiger partial charge in [0.25, 0.3) is 0 Å². The van der Waals surface area contributed by atoms with Crippen molar-refractivity contribution >= 4 is 34.4 Å². The van der Waals surface area contributed by atoms with Gasteiger partial charge >= 0.3 is 0 Å². The Kier molecular flexibility index (Phi) is 7.04. The van der Waals surface area contributed by atoms with E-state index >= 15 is 0 Å². The number of carbonyl (C=O) groups excluding carboxylic acids is 2. The first kappa shape index (κ1) is 22.5. The summed E-state index contributed by atoms with van der Waals surface area (Å²) < 4.78 is 11.1. The van der Waals surface area contributed by atoms with Gasteiger partial charge in [0.2, 0.25) is 11.8 Å². The highest BCUT2D eigenvalue weighted by atomic mass is 32.1. The van der Waals surface area contributed by atoms with Gasteiger partial charge < -0.3 is 14.8 Å². The Hall–Kier alpha value is -3.65. The van der Waals surface area contributed by atoms with Crippen LogP contribution in [0.15, 0.2) is 53.9 Å². The second-order valence-electron chi connectivity index (χ2n) is 7.51. The number of aromatic nitrogens is 1. The van der Waals surface area contributed by atoms with E-state index in [9.17, 15) is 9.59 Å². The quantitative estimate of drug-likeness (QED) is 0.491. The van der Waals surface area contributed by atoms with Crippen LogP contribution in [0.1, 0.15) is 37.4 Å². The zero-order valence-corrected chi connectivity index (χ0v) is 19.3. The molecule has 0 spiro atoms. The third-order valence-electron chi connectivity index (χ3n) is 5.08. The van der Waals surface area contributed by atoms with Crippen LogP contribution in [-0.2, 0) is 9.59 Å². The molecule has 2 aromatic carbocycles. The van der Waals surface area contributed by atoms with E-state index in [1.54, 1.807) is 6.08 Å². The van der Waals surface area contributed by atoms with E-state index in [-0.39, 0.29) is 17.9 Å². The molecule has 1 atom stereocenters. The minimum atomic E-state index is -0.255. The van der Waals surface area contributed by atoms with Crippen molar-refractivity contribution < 1.29 is 19.1 Å². The summed E-state index contributed by atoms with van der Waals surface area (Å²) in [5.74, 6) is 1.24. The van der Waals surface area contributed by atoms with Gasteiger partial charge in [-0.3, -0.25) is 14.9 Å². The summed E-state index contributed by atoms with van der Waals surface area (Å²) in [6, 6.07) is 13.3. The average Bonchev–Trinajstić information content (AvgIpc) is 3.27. The van der Waals surface area contributed by atoms with Crippen LogP contribution in [0, 0.1) is 0 Å². The molecule has 0 radical (unpaired) electrons. The Morgan fingerprint density at radius 2 is 2.06 bits per heavy atom. The largest absolute Gasteiger partial charge is 0.494 e. The maximum Gasteiger partial charge on any atom is 0.250 e. The summed E-state index contributed by atoms with van der Waals surface area (Å²) >= 11 is 1.36. The fourth-order valence-corrected chi connectivity index (χ4v) is 4.30. The minimum Gasteiger partial charge on any atom is -0.494 e. The standard InChI is InChI=1S/C25H25N3O4S/c1-3-31-19-8-4-17(5-9-19)6-11-24(30)28-25-27-22(15-33-25)18-7-10-23-20(14-18)21(12-13-32-23)26-16(2)29/h4-11,14-15,21H,3,12-13H2,1-2H3,(H,26,29)(H,27,28,30)/b11-6+. The zero-order chi connectivity index (χ0) is 23.2. The van der Waals surface area contributed by atoms with Gasteiger partial charge in [0.15, 0.2) is 5.13 Å². The van der Waals surface area contributed by atoms with Gasteiger partial charge in [-0.2, -0.15) is 0 Å². The summed E-state index contributed by atoms with van der Waals surface area (Å²) in [6.07, 6.45) is 3.94. The molecule has 0 aliphatic carbocycles. The summed E-state index contributed by atoms with van der Waals surface area (Å²) in [5, 5.41) is 8.19. The van der Waals surface area contributed by atoms with E-state index in [0.29, 0.717) is 18.3 Å². The Balaban J connectivity index is 1.42. The van der Waals surface area contributed by atoms with Gasteiger partial charge in [-0.25, -0.2) is 4.98 Å². The number of amides is 2. The lowest BCUT2D eigenvalue weighted by atomic mass is 9.97. The fraction of sp³-hybridized carbons (Fsp3) is 0.240. The third kappa shape index (κ3) is 5.78. The number of hydrogen-bond donors (Lipinski definition) is 2. The number of thiazole rings is 1. The van der Waals surface area contributed by atoms with Crippen LogP contribution in [0.2, 0.25) is 0 Å². The highest BCUT2D eigenvalue weighted by Crippen LogP contribution is 2.36. The van der Waals surface area contributed by atoms with Gasteiger partial charge in [-0.1, -0.05) is 12.1 Å². The van der Waals surface area contributed by atoms with Gasteiger partial charge in [0.1, 0.15) is 11.5 Å². The van der Waals surface area contributed by atoms with Crippen LogP contribution >= 0.6 is 11.3 Å². The van der Waals surface area contributed by atoms with E-state index in [0.717, 1.165) is 40.3 Å². The molecule has 0 saturated carbocycles. The molecule has 2 heterocycles. The van der Waals surface area contributed by atoms with E-state index in [1.807, 2.05) is 54.8 Å². The monoisotopic (exact) mass is 463 g/mol. The van der Waals surface area contributed by atoms with Crippen molar-refractivity contribution in [2.24, 2.45) is 0 Å². The smallest absolute Gasteiger partial charge is 0.250 e. The van der Waals surface area contributed by atoms with Gasteiger partial charge in [0.05, 0.1) is 24.9 Å². The van der Waals surface area contributed by atoms with E-state index in [4.69, 9.17) is 9.47 Å². The number of ether oxygens (including phenoxy) is 2. The molecular weight excluding hydrogens is 438 g/mol. The molecule has 1 aliphatic heterocycles. The number of nitrogens with zero attached hydrogens (tertiary/aromatic N) is 1. The molecule has 2 N–H and O–H groups in total. The number of hydrogen-bond acceptors (Lipinski definition) is 6. The maximum absolute atomic E-state index is 12.3. The molecule has 0 bridgehead atoms. The Labute approximate surface area is 196 Å². The summed E-state index contributed by atoms with van der Waals surface area (Å²) in [7, 11) is 0. The molecular formula is C25H25N3O4S. The second-order valence-corrected chi connectivity index (χ2v) is 8.36. The first-order valence-corrected chi connectivity index (χ1v) is 11.6. The number of nitrogens with one attached hydrogen (secondary N) is 2. The molecule has 4 rings (SSSR count). The highest BCUT2D eigenvalue weighted by Gasteiger charge is 2.23. The van der Waals surface area contributed by atoms with Crippen LogP contribution in [0.25, 0.3) is 17.3 Å². The SMILES string of the molecule is CCOc1ccc(/C=C/C(=O)Nc2nc(-c3ccc4c(c3)C(NC(C)=O)CCO4)cs2)cc1. The van der Waals surface area contributed by atoms with Gasteiger partial charge in [-0.15, -0.1) is 11.3 Å². The Morgan fingerprint density at radius 3 is 2.82 bits per heavy atom. The molecule has 170 valence electrons. The first-order chi connectivity index (χ1) is 16.0. The highest BCUT2D eigenvalue weighted by molar-refractivity contribution is 7.14. The van der Waals surface area contributed by atoms with E-state index < -0.39 is 0 Å². The van der Waals surface area contributed by atoms with Crippen molar-refractivity contribution in [2.75, 3.05) is 18.5 Å². The fourth-order valence-electron chi connectivity index (χ4n) is 3.57. The lowest BCUT2D eigenvalue weighted by Crippen LogP contribution is -2.30. The van der Waals surface area contributed by atoms with E-state index in [2.05, 4.69) is 15.6 Å². The molecule has 1 aromatic heterocycles. The molecule has 3 aromatic rings. The molecule has 8 heteroatoms. The molecule has 1 unspecified atom stereocenters. The van der Waals surface area contributed by atoms with Crippen molar-refractivity contribution in [1.82, 2.24) is 10.3 Å². The van der Waals surface area contributed by atoms with Crippen molar-refractivity contribution in [1.29, 1.82) is 0 Å². The number of rotatable bonds is 7. The Bertz CT molecular complexity index is 1170. The van der Waals surface area contributed by atoms with Gasteiger partial charge in [0, 0.05) is 35.9 Å². The minimum absolute atomic E-state index is 0.0739. The number of carbonyl (C=O) groups is 2. The number of anilines is 1. The normalized spacial score (nSPS) is 14.9. The van der Waals surface area contributed by atoms with Crippen LogP contribution in [0.5, 0.6) is 11.5 Å². The molecule has 33 heavy (non-hydrogen) atoms. The molecule has 0 fully saturated rings. The molecule has 0 saturated heterocycles. The van der Waals surface area contributed by atoms with Crippen molar-refractivity contribution in [2.45, 2.75) is 26.3 Å². The third-order valence-corrected chi connectivity index (χ3v) is 5.83. The lowest BCUT2D eigenvalue weighted by molar-refractivity contribution is -0.119. The number of fused-ring (bicyclic) bond motifs is 1. The van der Waals surface area contributed by atoms with Crippen LogP contribution in [0.4, 0.5) is 5.13 Å². The van der Waals surface area contributed by atoms with Crippen LogP contribution in [0.3, 0.4) is 0 Å². The van der Waals surface area contributed by atoms with Crippen LogP contribution < -0.4 is 20.1 Å². The van der Waals surface area contributed by atoms with Crippen molar-refractivity contribution in [3.8, 4) is 22.8 Å². The summed E-state index contributed by atoms with van der Waals surface area (Å²) in [6.45, 7) is 4.63. The van der Waals surface area contributed by atoms with Crippen LogP contribution in [-0.4, -0.2) is 30.0 Å². The van der Waals surface area contributed by atoms with E-state index in [1.165, 1.54) is 24.3 Å². The molecule has 2 amide bonds. The molecule has 7 nitrogen and oxygen atoms in total. The predicted molar refractivity (Wildman–Crippen MR) is 129 cm³/mol. The summed E-state index contributed by atoms with van der Waals surface area (Å²) in [5.41, 5.74) is 3.49. The Morgan fingerprint density at radius 1 is 1.24 bits per heavy atom. The average molecular weight is 464 g/mol.